The first-order valence-corrected chi connectivity index (χ1v) is 5.49. The minimum atomic E-state index is -0.113. The molecule has 2 aromatic heterocycles. The van der Waals surface area contributed by atoms with Gasteiger partial charge in [-0.1, -0.05) is 0 Å². The highest BCUT2D eigenvalue weighted by Gasteiger charge is 2.14. The van der Waals surface area contributed by atoms with E-state index in [0.717, 1.165) is 11.3 Å². The predicted molar refractivity (Wildman–Crippen MR) is 63.5 cm³/mol. The van der Waals surface area contributed by atoms with Crippen LogP contribution in [-0.2, 0) is 0 Å². The molecule has 0 saturated carbocycles. The summed E-state index contributed by atoms with van der Waals surface area (Å²) < 4.78 is 5.31. The Balaban J connectivity index is 2.10. The molecule has 5 nitrogen and oxygen atoms in total. The quantitative estimate of drug-likeness (QED) is 0.825. The summed E-state index contributed by atoms with van der Waals surface area (Å²) in [5.74, 6) is 1.30. The highest BCUT2D eigenvalue weighted by atomic mass is 16.3. The minimum absolute atomic E-state index is 0.0736. The number of nitrogens with one attached hydrogen (secondary N) is 1. The molecule has 0 spiro atoms. The second-order valence-corrected chi connectivity index (χ2v) is 3.81. The topological polar surface area (TPSA) is 71.2 Å². The fourth-order valence-corrected chi connectivity index (χ4v) is 1.53. The van der Waals surface area contributed by atoms with Crippen molar-refractivity contribution in [3.63, 3.8) is 0 Å². The first-order valence-electron chi connectivity index (χ1n) is 5.49. The van der Waals surface area contributed by atoms with Gasteiger partial charge in [-0.15, -0.1) is 0 Å². The van der Waals surface area contributed by atoms with E-state index in [1.165, 1.54) is 0 Å². The molecule has 90 valence electrons. The predicted octanol–water partition coefficient (Wildman–Crippen LogP) is 1.91. The van der Waals surface area contributed by atoms with Crippen LogP contribution < -0.4 is 5.32 Å². The Morgan fingerprint density at radius 1 is 1.41 bits per heavy atom. The molecule has 0 aliphatic rings. The molecule has 2 aromatic rings. The lowest BCUT2D eigenvalue weighted by molar-refractivity contribution is 0.273. The molecule has 0 radical (unpaired) electrons. The average Bonchev–Trinajstić information content (AvgIpc) is 2.85. The third-order valence-corrected chi connectivity index (χ3v) is 2.39. The van der Waals surface area contributed by atoms with Gasteiger partial charge in [-0.05, 0) is 31.0 Å². The van der Waals surface area contributed by atoms with Gasteiger partial charge in [-0.25, -0.2) is 9.97 Å². The van der Waals surface area contributed by atoms with E-state index < -0.39 is 0 Å². The van der Waals surface area contributed by atoms with Crippen LogP contribution in [0.1, 0.15) is 23.8 Å². The van der Waals surface area contributed by atoms with Crippen LogP contribution in [0.4, 0.5) is 5.95 Å². The number of aryl methyl sites for hydroxylation is 1. The summed E-state index contributed by atoms with van der Waals surface area (Å²) in [6.07, 6.45) is 5.64. The SMILES string of the molecule is Cc1cnc(NC(CCO)c2ccco2)nc1. The van der Waals surface area contributed by atoms with Crippen LogP contribution in [0.2, 0.25) is 0 Å². The van der Waals surface area contributed by atoms with E-state index in [4.69, 9.17) is 9.52 Å². The Morgan fingerprint density at radius 2 is 2.18 bits per heavy atom. The molecule has 0 aliphatic carbocycles. The van der Waals surface area contributed by atoms with Gasteiger partial charge in [-0.3, -0.25) is 0 Å². The van der Waals surface area contributed by atoms with Gasteiger partial charge in [0.25, 0.3) is 0 Å². The van der Waals surface area contributed by atoms with Crippen molar-refractivity contribution in [1.82, 2.24) is 9.97 Å². The van der Waals surface area contributed by atoms with Gasteiger partial charge in [-0.2, -0.15) is 0 Å². The first kappa shape index (κ1) is 11.6. The Morgan fingerprint density at radius 3 is 2.76 bits per heavy atom. The first-order chi connectivity index (χ1) is 8.29. The molecule has 1 atom stereocenters. The van der Waals surface area contributed by atoms with Crippen molar-refractivity contribution in [1.29, 1.82) is 0 Å². The normalized spacial score (nSPS) is 12.4. The molecular weight excluding hydrogens is 218 g/mol. The molecule has 2 rings (SSSR count). The maximum Gasteiger partial charge on any atom is 0.223 e. The molecular formula is C12H15N3O2. The summed E-state index contributed by atoms with van der Waals surface area (Å²) in [6.45, 7) is 2.01. The number of aliphatic hydroxyl groups excluding tert-OH is 1. The number of rotatable bonds is 5. The Bertz CT molecular complexity index is 439. The minimum Gasteiger partial charge on any atom is -0.467 e. The molecule has 0 bridgehead atoms. The Labute approximate surface area is 99.5 Å². The lowest BCUT2D eigenvalue weighted by Crippen LogP contribution is -2.13. The van der Waals surface area contributed by atoms with Gasteiger partial charge >= 0.3 is 0 Å². The highest BCUT2D eigenvalue weighted by molar-refractivity contribution is 5.28. The molecule has 2 N–H and O–H groups in total. The Hall–Kier alpha value is -1.88. The fourth-order valence-electron chi connectivity index (χ4n) is 1.53. The Kier molecular flexibility index (Phi) is 3.72. The fraction of sp³-hybridized carbons (Fsp3) is 0.333. The van der Waals surface area contributed by atoms with E-state index in [9.17, 15) is 0 Å². The zero-order chi connectivity index (χ0) is 12.1. The molecule has 17 heavy (non-hydrogen) atoms. The molecule has 0 fully saturated rings. The largest absolute Gasteiger partial charge is 0.467 e. The van der Waals surface area contributed by atoms with Crippen LogP contribution in [-0.4, -0.2) is 21.7 Å². The van der Waals surface area contributed by atoms with Crippen LogP contribution in [0.15, 0.2) is 35.2 Å². The van der Waals surface area contributed by atoms with E-state index in [0.29, 0.717) is 12.4 Å². The number of hydrogen-bond acceptors (Lipinski definition) is 5. The van der Waals surface area contributed by atoms with Gasteiger partial charge in [0.15, 0.2) is 0 Å². The van der Waals surface area contributed by atoms with Crippen molar-refractivity contribution < 1.29 is 9.52 Å². The van der Waals surface area contributed by atoms with E-state index in [-0.39, 0.29) is 12.6 Å². The zero-order valence-corrected chi connectivity index (χ0v) is 9.63. The summed E-state index contributed by atoms with van der Waals surface area (Å²) in [6, 6.07) is 3.57. The van der Waals surface area contributed by atoms with E-state index in [2.05, 4.69) is 15.3 Å². The summed E-state index contributed by atoms with van der Waals surface area (Å²) >= 11 is 0. The monoisotopic (exact) mass is 233 g/mol. The molecule has 0 aromatic carbocycles. The van der Waals surface area contributed by atoms with Gasteiger partial charge < -0.3 is 14.8 Å². The average molecular weight is 233 g/mol. The number of hydrogen-bond donors (Lipinski definition) is 2. The van der Waals surface area contributed by atoms with Crippen molar-refractivity contribution in [2.75, 3.05) is 11.9 Å². The number of nitrogens with zero attached hydrogens (tertiary/aromatic N) is 2. The molecule has 0 saturated heterocycles. The number of furan rings is 1. The number of aromatic nitrogens is 2. The molecule has 1 unspecified atom stereocenters. The van der Waals surface area contributed by atoms with Crippen LogP contribution in [0.25, 0.3) is 0 Å². The molecule has 2 heterocycles. The lowest BCUT2D eigenvalue weighted by atomic mass is 10.1. The maximum atomic E-state index is 9.04. The van der Waals surface area contributed by atoms with Gasteiger partial charge in [0.1, 0.15) is 5.76 Å². The second kappa shape index (κ2) is 5.45. The molecule has 0 amide bonds. The zero-order valence-electron chi connectivity index (χ0n) is 9.63. The maximum absolute atomic E-state index is 9.04. The highest BCUT2D eigenvalue weighted by Crippen LogP contribution is 2.20. The second-order valence-electron chi connectivity index (χ2n) is 3.81. The van der Waals surface area contributed by atoms with Gasteiger partial charge in [0, 0.05) is 19.0 Å². The van der Waals surface area contributed by atoms with Crippen LogP contribution >= 0.6 is 0 Å². The molecule has 0 aliphatic heterocycles. The lowest BCUT2D eigenvalue weighted by Gasteiger charge is -2.15. The summed E-state index contributed by atoms with van der Waals surface area (Å²) in [5, 5.41) is 12.2. The third-order valence-electron chi connectivity index (χ3n) is 2.39. The van der Waals surface area contributed by atoms with Crippen molar-refractivity contribution in [2.24, 2.45) is 0 Å². The standard InChI is InChI=1S/C12H15N3O2/c1-9-7-13-12(14-8-9)15-10(4-5-16)11-3-2-6-17-11/h2-3,6-8,10,16H,4-5H2,1H3,(H,13,14,15). The van der Waals surface area contributed by atoms with Crippen LogP contribution in [0, 0.1) is 6.92 Å². The van der Waals surface area contributed by atoms with Gasteiger partial charge in [0.2, 0.25) is 5.95 Å². The van der Waals surface area contributed by atoms with E-state index in [1.807, 2.05) is 19.1 Å². The van der Waals surface area contributed by atoms with Crippen LogP contribution in [0.5, 0.6) is 0 Å². The number of aliphatic hydroxyl groups is 1. The van der Waals surface area contributed by atoms with Crippen molar-refractivity contribution >= 4 is 5.95 Å². The van der Waals surface area contributed by atoms with E-state index in [1.54, 1.807) is 18.7 Å². The summed E-state index contributed by atoms with van der Waals surface area (Å²) in [4.78, 5) is 8.33. The number of anilines is 1. The van der Waals surface area contributed by atoms with Crippen LogP contribution in [0.3, 0.4) is 0 Å². The summed E-state index contributed by atoms with van der Waals surface area (Å²) in [7, 11) is 0. The smallest absolute Gasteiger partial charge is 0.223 e. The van der Waals surface area contributed by atoms with Gasteiger partial charge in [0.05, 0.1) is 12.3 Å². The van der Waals surface area contributed by atoms with Crippen molar-refractivity contribution in [3.05, 3.63) is 42.1 Å². The van der Waals surface area contributed by atoms with E-state index >= 15 is 0 Å². The molecule has 5 heteroatoms. The third kappa shape index (κ3) is 3.04. The van der Waals surface area contributed by atoms with Crippen molar-refractivity contribution in [3.8, 4) is 0 Å². The summed E-state index contributed by atoms with van der Waals surface area (Å²) in [5.41, 5.74) is 1.01. The van der Waals surface area contributed by atoms with Crippen molar-refractivity contribution in [2.45, 2.75) is 19.4 Å².